The predicted molar refractivity (Wildman–Crippen MR) is 89.3 cm³/mol. The molecular weight excluding hydrogens is 314 g/mol. The maximum atomic E-state index is 12.5. The molecule has 23 heavy (non-hydrogen) atoms. The maximum Gasteiger partial charge on any atom is 0.257 e. The van der Waals surface area contributed by atoms with Crippen LogP contribution in [-0.4, -0.2) is 28.7 Å². The van der Waals surface area contributed by atoms with E-state index in [4.69, 9.17) is 4.74 Å². The molecule has 0 saturated carbocycles. The molecule has 1 aliphatic rings. The van der Waals surface area contributed by atoms with Gasteiger partial charge in [0, 0.05) is 12.3 Å². The Balaban J connectivity index is 2.10. The molecule has 3 rings (SSSR count). The minimum Gasteiger partial charge on any atom is -0.494 e. The molecule has 0 spiro atoms. The predicted octanol–water partition coefficient (Wildman–Crippen LogP) is 2.36. The van der Waals surface area contributed by atoms with Crippen molar-refractivity contribution in [1.82, 2.24) is 9.97 Å². The van der Waals surface area contributed by atoms with Gasteiger partial charge in [-0.05, 0) is 30.9 Å². The molecule has 1 aliphatic heterocycles. The number of aromatic amines is 1. The van der Waals surface area contributed by atoms with E-state index in [1.807, 2.05) is 37.4 Å². The standard InChI is InChI=1S/C16H17N3O3S/c1-3-22-10-6-4-5-9(7-10)11-8-12(20)17-14-13(11)15(21)19-16(18-14)23-2/h4-7,11H,3,8H2,1-2H3,(H2,17,18,19,20,21)/t11-/m0/s1. The molecular formula is C16H17N3O3S. The van der Waals surface area contributed by atoms with Crippen LogP contribution in [-0.2, 0) is 4.79 Å². The van der Waals surface area contributed by atoms with Gasteiger partial charge in [0.2, 0.25) is 5.91 Å². The molecule has 7 heteroatoms. The van der Waals surface area contributed by atoms with Crippen molar-refractivity contribution in [3.63, 3.8) is 0 Å². The Morgan fingerprint density at radius 1 is 1.39 bits per heavy atom. The number of carbonyl (C=O) groups excluding carboxylic acids is 1. The number of H-pyrrole nitrogens is 1. The Bertz CT molecular complexity index is 803. The van der Waals surface area contributed by atoms with Crippen LogP contribution in [0.3, 0.4) is 0 Å². The number of benzene rings is 1. The second-order valence-corrected chi connectivity index (χ2v) is 5.94. The fraction of sp³-hybridized carbons (Fsp3) is 0.312. The molecule has 0 bridgehead atoms. The Morgan fingerprint density at radius 3 is 2.96 bits per heavy atom. The normalized spacial score (nSPS) is 16.6. The number of aromatic nitrogens is 2. The lowest BCUT2D eigenvalue weighted by molar-refractivity contribution is -0.116. The summed E-state index contributed by atoms with van der Waals surface area (Å²) in [7, 11) is 0. The second-order valence-electron chi connectivity index (χ2n) is 5.15. The van der Waals surface area contributed by atoms with Crippen LogP contribution in [0.4, 0.5) is 5.82 Å². The van der Waals surface area contributed by atoms with Crippen LogP contribution in [0.15, 0.2) is 34.2 Å². The quantitative estimate of drug-likeness (QED) is 0.664. The van der Waals surface area contributed by atoms with Gasteiger partial charge in [-0.3, -0.25) is 9.59 Å². The second kappa shape index (κ2) is 6.45. The summed E-state index contributed by atoms with van der Waals surface area (Å²) in [6.07, 6.45) is 2.03. The molecule has 0 unspecified atom stereocenters. The first-order chi connectivity index (χ1) is 11.1. The molecule has 0 radical (unpaired) electrons. The molecule has 2 N–H and O–H groups in total. The fourth-order valence-electron chi connectivity index (χ4n) is 2.72. The molecule has 6 nitrogen and oxygen atoms in total. The zero-order valence-electron chi connectivity index (χ0n) is 12.9. The largest absolute Gasteiger partial charge is 0.494 e. The summed E-state index contributed by atoms with van der Waals surface area (Å²) in [4.78, 5) is 31.6. The summed E-state index contributed by atoms with van der Waals surface area (Å²) in [6, 6.07) is 7.50. The van der Waals surface area contributed by atoms with Crippen LogP contribution in [0.25, 0.3) is 0 Å². The van der Waals surface area contributed by atoms with Crippen LogP contribution in [0, 0.1) is 0 Å². The lowest BCUT2D eigenvalue weighted by Crippen LogP contribution is -2.31. The number of hydrogen-bond acceptors (Lipinski definition) is 5. The summed E-state index contributed by atoms with van der Waals surface area (Å²) in [5.74, 6) is 0.601. The Labute approximate surface area is 137 Å². The van der Waals surface area contributed by atoms with E-state index in [-0.39, 0.29) is 23.8 Å². The van der Waals surface area contributed by atoms with Gasteiger partial charge in [-0.2, -0.15) is 0 Å². The van der Waals surface area contributed by atoms with E-state index in [0.717, 1.165) is 11.3 Å². The SMILES string of the molecule is CCOc1cccc([C@@H]2CC(=O)Nc3nc(SC)[nH]c(=O)c32)c1. The molecule has 1 atom stereocenters. The van der Waals surface area contributed by atoms with Crippen molar-refractivity contribution in [2.45, 2.75) is 24.4 Å². The third-order valence-electron chi connectivity index (χ3n) is 3.69. The fourth-order valence-corrected chi connectivity index (χ4v) is 3.10. The van der Waals surface area contributed by atoms with Gasteiger partial charge in [-0.25, -0.2) is 4.98 Å². The van der Waals surface area contributed by atoms with Crippen LogP contribution >= 0.6 is 11.8 Å². The van der Waals surface area contributed by atoms with E-state index >= 15 is 0 Å². The number of hydrogen-bond donors (Lipinski definition) is 2. The number of carbonyl (C=O) groups is 1. The van der Waals surface area contributed by atoms with Crippen molar-refractivity contribution in [1.29, 1.82) is 0 Å². The van der Waals surface area contributed by atoms with Crippen molar-refractivity contribution in [2.24, 2.45) is 0 Å². The molecule has 0 saturated heterocycles. The van der Waals surface area contributed by atoms with Gasteiger partial charge in [0.05, 0.1) is 12.2 Å². The monoisotopic (exact) mass is 331 g/mol. The summed E-state index contributed by atoms with van der Waals surface area (Å²) >= 11 is 1.33. The topological polar surface area (TPSA) is 84.1 Å². The van der Waals surface area contributed by atoms with Gasteiger partial charge < -0.3 is 15.0 Å². The Hall–Kier alpha value is -2.28. The molecule has 0 aliphatic carbocycles. The third-order valence-corrected chi connectivity index (χ3v) is 4.27. The smallest absolute Gasteiger partial charge is 0.257 e. The number of nitrogens with zero attached hydrogens (tertiary/aromatic N) is 1. The first-order valence-electron chi connectivity index (χ1n) is 7.33. The van der Waals surface area contributed by atoms with Crippen LogP contribution < -0.4 is 15.6 Å². The molecule has 1 amide bonds. The first-order valence-corrected chi connectivity index (χ1v) is 8.55. The highest BCUT2D eigenvalue weighted by atomic mass is 32.2. The Kier molecular flexibility index (Phi) is 4.38. The number of nitrogens with one attached hydrogen (secondary N) is 2. The van der Waals surface area contributed by atoms with E-state index < -0.39 is 0 Å². The Morgan fingerprint density at radius 2 is 2.22 bits per heavy atom. The molecule has 2 aromatic rings. The molecule has 2 heterocycles. The average Bonchev–Trinajstić information content (AvgIpc) is 2.54. The zero-order valence-corrected chi connectivity index (χ0v) is 13.7. The van der Waals surface area contributed by atoms with Gasteiger partial charge in [0.25, 0.3) is 5.56 Å². The highest BCUT2D eigenvalue weighted by Gasteiger charge is 2.31. The maximum absolute atomic E-state index is 12.5. The van der Waals surface area contributed by atoms with Crippen LogP contribution in [0.5, 0.6) is 5.75 Å². The lowest BCUT2D eigenvalue weighted by atomic mass is 9.87. The molecule has 120 valence electrons. The van der Waals surface area contributed by atoms with Crippen molar-refractivity contribution >= 4 is 23.5 Å². The zero-order chi connectivity index (χ0) is 16.4. The first kappa shape index (κ1) is 15.6. The number of fused-ring (bicyclic) bond motifs is 1. The summed E-state index contributed by atoms with van der Waals surface area (Å²) < 4.78 is 5.51. The number of anilines is 1. The highest BCUT2D eigenvalue weighted by Crippen LogP contribution is 2.35. The van der Waals surface area contributed by atoms with Crippen LogP contribution in [0.2, 0.25) is 0 Å². The number of amides is 1. The van der Waals surface area contributed by atoms with Crippen molar-refractivity contribution in [3.05, 3.63) is 45.7 Å². The minimum absolute atomic E-state index is 0.144. The van der Waals surface area contributed by atoms with E-state index in [1.165, 1.54) is 11.8 Å². The van der Waals surface area contributed by atoms with E-state index in [1.54, 1.807) is 0 Å². The van der Waals surface area contributed by atoms with Crippen molar-refractivity contribution in [3.8, 4) is 5.75 Å². The van der Waals surface area contributed by atoms with Crippen LogP contribution in [0.1, 0.15) is 30.4 Å². The van der Waals surface area contributed by atoms with E-state index in [9.17, 15) is 9.59 Å². The number of ether oxygens (including phenoxy) is 1. The van der Waals surface area contributed by atoms with Gasteiger partial charge in [0.1, 0.15) is 11.6 Å². The number of rotatable bonds is 4. The van der Waals surface area contributed by atoms with Gasteiger partial charge in [-0.1, -0.05) is 23.9 Å². The number of thioether (sulfide) groups is 1. The average molecular weight is 331 g/mol. The van der Waals surface area contributed by atoms with Gasteiger partial charge in [0.15, 0.2) is 5.16 Å². The van der Waals surface area contributed by atoms with Crippen molar-refractivity contribution in [2.75, 3.05) is 18.2 Å². The molecule has 1 aromatic carbocycles. The van der Waals surface area contributed by atoms with E-state index in [0.29, 0.717) is 23.1 Å². The van der Waals surface area contributed by atoms with Gasteiger partial charge >= 0.3 is 0 Å². The van der Waals surface area contributed by atoms with Crippen molar-refractivity contribution < 1.29 is 9.53 Å². The minimum atomic E-state index is -0.327. The third kappa shape index (κ3) is 3.10. The molecule has 1 aromatic heterocycles. The van der Waals surface area contributed by atoms with Gasteiger partial charge in [-0.15, -0.1) is 0 Å². The highest BCUT2D eigenvalue weighted by molar-refractivity contribution is 7.98. The molecule has 0 fully saturated rings. The van der Waals surface area contributed by atoms with E-state index in [2.05, 4.69) is 15.3 Å². The summed E-state index contributed by atoms with van der Waals surface area (Å²) in [5, 5.41) is 3.18. The summed E-state index contributed by atoms with van der Waals surface area (Å²) in [5.41, 5.74) is 1.15. The lowest BCUT2D eigenvalue weighted by Gasteiger charge is -2.24. The summed E-state index contributed by atoms with van der Waals surface area (Å²) in [6.45, 7) is 2.47.